The van der Waals surface area contributed by atoms with Gasteiger partial charge in [0.15, 0.2) is 10.6 Å². The number of carbonyl (C=O) groups excluding carboxylic acids is 1. The van der Waals surface area contributed by atoms with Crippen LogP contribution in [0.5, 0.6) is 5.75 Å². The largest absolute Gasteiger partial charge is 0.497 e. The number of nitrogens with zero attached hydrogens (tertiary/aromatic N) is 2. The van der Waals surface area contributed by atoms with Crippen LogP contribution >= 0.6 is 11.3 Å². The van der Waals surface area contributed by atoms with E-state index in [2.05, 4.69) is 4.98 Å². The molecule has 3 heterocycles. The first kappa shape index (κ1) is 20.6. The highest BCUT2D eigenvalue weighted by atomic mass is 32.1. The third-order valence-electron chi connectivity index (χ3n) is 6.00. The van der Waals surface area contributed by atoms with E-state index in [1.807, 2.05) is 25.1 Å². The van der Waals surface area contributed by atoms with Gasteiger partial charge in [-0.1, -0.05) is 35.1 Å². The van der Waals surface area contributed by atoms with Crippen LogP contribution in [0.15, 0.2) is 69.9 Å². The predicted octanol–water partition coefficient (Wildman–Crippen LogP) is 5.61. The van der Waals surface area contributed by atoms with Gasteiger partial charge in [0, 0.05) is 0 Å². The third-order valence-corrected chi connectivity index (χ3v) is 7.02. The normalized spacial score (nSPS) is 15.3. The van der Waals surface area contributed by atoms with E-state index in [1.165, 1.54) is 28.4 Å². The molecule has 6 rings (SSSR count). The zero-order valence-corrected chi connectivity index (χ0v) is 19.0. The van der Waals surface area contributed by atoms with Crippen LogP contribution in [-0.4, -0.2) is 18.0 Å². The maximum absolute atomic E-state index is 13.8. The van der Waals surface area contributed by atoms with Crippen molar-refractivity contribution in [2.24, 2.45) is 0 Å². The Morgan fingerprint density at radius 3 is 2.62 bits per heavy atom. The van der Waals surface area contributed by atoms with Crippen molar-refractivity contribution in [1.82, 2.24) is 4.98 Å². The van der Waals surface area contributed by atoms with E-state index in [1.54, 1.807) is 37.4 Å². The van der Waals surface area contributed by atoms with Crippen molar-refractivity contribution in [2.45, 2.75) is 13.0 Å². The Hall–Kier alpha value is -4.04. The maximum Gasteiger partial charge on any atom is 0.297 e. The number of aryl methyl sites for hydroxylation is 1. The average molecular weight is 472 g/mol. The number of fused-ring (bicyclic) bond motifs is 3. The lowest BCUT2D eigenvalue weighted by atomic mass is 9.98. The number of ether oxygens (including phenoxy) is 1. The van der Waals surface area contributed by atoms with Gasteiger partial charge >= 0.3 is 0 Å². The van der Waals surface area contributed by atoms with Gasteiger partial charge in [-0.15, -0.1) is 0 Å². The number of methoxy groups -OCH3 is 1. The van der Waals surface area contributed by atoms with Gasteiger partial charge in [0.2, 0.25) is 5.76 Å². The highest BCUT2D eigenvalue weighted by molar-refractivity contribution is 7.22. The van der Waals surface area contributed by atoms with Crippen molar-refractivity contribution in [2.75, 3.05) is 12.0 Å². The van der Waals surface area contributed by atoms with Crippen LogP contribution in [0.25, 0.3) is 21.2 Å². The fourth-order valence-electron chi connectivity index (χ4n) is 4.37. The summed E-state index contributed by atoms with van der Waals surface area (Å²) < 4.78 is 25.7. The van der Waals surface area contributed by atoms with E-state index in [-0.39, 0.29) is 22.6 Å². The van der Waals surface area contributed by atoms with Gasteiger partial charge in [-0.2, -0.15) is 0 Å². The van der Waals surface area contributed by atoms with Crippen molar-refractivity contribution in [3.8, 4) is 5.75 Å². The Morgan fingerprint density at radius 2 is 1.85 bits per heavy atom. The molecule has 0 fully saturated rings. The van der Waals surface area contributed by atoms with Gasteiger partial charge < -0.3 is 9.15 Å². The Bertz CT molecular complexity index is 1670. The number of hydrogen-bond acceptors (Lipinski definition) is 6. The summed E-state index contributed by atoms with van der Waals surface area (Å²) in [7, 11) is 1.57. The van der Waals surface area contributed by atoms with Crippen molar-refractivity contribution in [1.29, 1.82) is 0 Å². The second-order valence-corrected chi connectivity index (χ2v) is 9.14. The summed E-state index contributed by atoms with van der Waals surface area (Å²) in [6.45, 7) is 1.89. The fourth-order valence-corrected chi connectivity index (χ4v) is 5.39. The molecule has 6 nitrogen and oxygen atoms in total. The molecule has 8 heteroatoms. The summed E-state index contributed by atoms with van der Waals surface area (Å²) in [6, 6.07) is 16.0. The number of thiazole rings is 1. The van der Waals surface area contributed by atoms with Gasteiger partial charge in [0.25, 0.3) is 5.91 Å². The molecule has 3 aromatic carbocycles. The number of carbonyl (C=O) groups is 1. The molecular formula is C26H17FN2O4S. The number of benzene rings is 3. The van der Waals surface area contributed by atoms with Crippen molar-refractivity contribution >= 4 is 43.6 Å². The van der Waals surface area contributed by atoms with Crippen LogP contribution < -0.4 is 15.1 Å². The summed E-state index contributed by atoms with van der Waals surface area (Å²) in [4.78, 5) is 33.4. The van der Waals surface area contributed by atoms with Crippen LogP contribution in [0.3, 0.4) is 0 Å². The molecule has 168 valence electrons. The van der Waals surface area contributed by atoms with Crippen molar-refractivity contribution < 1.29 is 18.3 Å². The minimum absolute atomic E-state index is 0.00684. The van der Waals surface area contributed by atoms with E-state index in [4.69, 9.17) is 9.15 Å². The number of amides is 1. The molecule has 0 bridgehead atoms. The van der Waals surface area contributed by atoms with E-state index in [0.717, 1.165) is 5.56 Å². The predicted molar refractivity (Wildman–Crippen MR) is 128 cm³/mol. The second kappa shape index (κ2) is 7.50. The molecule has 2 aromatic heterocycles. The molecule has 0 saturated carbocycles. The zero-order chi connectivity index (χ0) is 23.6. The molecule has 5 aromatic rings. The molecule has 1 aliphatic heterocycles. The number of rotatable bonds is 3. The number of hydrogen-bond donors (Lipinski definition) is 0. The van der Waals surface area contributed by atoms with Gasteiger partial charge in [-0.25, -0.2) is 9.37 Å². The topological polar surface area (TPSA) is 72.6 Å². The van der Waals surface area contributed by atoms with Crippen LogP contribution in [0.4, 0.5) is 9.52 Å². The van der Waals surface area contributed by atoms with Gasteiger partial charge in [-0.3, -0.25) is 14.5 Å². The second-order valence-electron chi connectivity index (χ2n) is 8.13. The number of halogens is 1. The van der Waals surface area contributed by atoms with Crippen LogP contribution in [-0.2, 0) is 0 Å². The molecule has 1 aliphatic rings. The fraction of sp³-hybridized carbons (Fsp3) is 0.115. The van der Waals surface area contributed by atoms with Crippen LogP contribution in [0, 0.1) is 12.7 Å². The smallest absolute Gasteiger partial charge is 0.297 e. The third kappa shape index (κ3) is 3.03. The minimum atomic E-state index is -0.750. The van der Waals surface area contributed by atoms with Gasteiger partial charge in [0.1, 0.15) is 17.1 Å². The van der Waals surface area contributed by atoms with E-state index in [9.17, 15) is 14.0 Å². The molecular weight excluding hydrogens is 455 g/mol. The molecule has 0 spiro atoms. The Morgan fingerprint density at radius 1 is 1.06 bits per heavy atom. The van der Waals surface area contributed by atoms with E-state index < -0.39 is 11.9 Å². The van der Waals surface area contributed by atoms with Crippen molar-refractivity contribution in [3.05, 3.63) is 99.2 Å². The molecule has 0 N–H and O–H groups in total. The molecule has 1 atom stereocenters. The van der Waals surface area contributed by atoms with Gasteiger partial charge in [0.05, 0.1) is 34.3 Å². The molecule has 0 saturated heterocycles. The standard InChI is InChI=1S/C26H17FN2O4S/c1-13-3-10-19-17(11-13)23(30)21-22(14-4-7-16(32-2)8-5-14)29(25(31)24(21)33-19)26-28-18-9-6-15(27)12-20(18)34-26/h3-12,22H,1-2H3/t22-/m1/s1. The lowest BCUT2D eigenvalue weighted by molar-refractivity contribution is 0.0971. The summed E-state index contributed by atoms with van der Waals surface area (Å²) in [6.07, 6.45) is 0. The quantitative estimate of drug-likeness (QED) is 0.341. The lowest BCUT2D eigenvalue weighted by Crippen LogP contribution is -2.29. The Balaban J connectivity index is 1.62. The average Bonchev–Trinajstić information content (AvgIpc) is 3.38. The molecule has 0 radical (unpaired) electrons. The van der Waals surface area contributed by atoms with Crippen LogP contribution in [0.2, 0.25) is 0 Å². The first-order chi connectivity index (χ1) is 16.4. The zero-order valence-electron chi connectivity index (χ0n) is 18.2. The lowest BCUT2D eigenvalue weighted by Gasteiger charge is -2.22. The van der Waals surface area contributed by atoms with Crippen LogP contribution in [0.1, 0.15) is 33.3 Å². The highest BCUT2D eigenvalue weighted by Crippen LogP contribution is 2.44. The molecule has 0 aliphatic carbocycles. The highest BCUT2D eigenvalue weighted by Gasteiger charge is 2.45. The van der Waals surface area contributed by atoms with Crippen molar-refractivity contribution in [3.63, 3.8) is 0 Å². The molecule has 34 heavy (non-hydrogen) atoms. The number of anilines is 1. The molecule has 1 amide bonds. The Labute approximate surface area is 196 Å². The number of aromatic nitrogens is 1. The summed E-state index contributed by atoms with van der Waals surface area (Å²) in [5.41, 5.74) is 2.54. The maximum atomic E-state index is 13.8. The Kier molecular flexibility index (Phi) is 4.53. The molecule has 0 unspecified atom stereocenters. The minimum Gasteiger partial charge on any atom is -0.497 e. The first-order valence-electron chi connectivity index (χ1n) is 10.6. The SMILES string of the molecule is COc1ccc([C@@H]2c3c(oc4ccc(C)cc4c3=O)C(=O)N2c2nc3ccc(F)cc3s2)cc1. The monoisotopic (exact) mass is 472 g/mol. The first-order valence-corrected chi connectivity index (χ1v) is 11.4. The summed E-state index contributed by atoms with van der Waals surface area (Å²) >= 11 is 1.19. The summed E-state index contributed by atoms with van der Waals surface area (Å²) in [5.74, 6) is -0.206. The summed E-state index contributed by atoms with van der Waals surface area (Å²) in [5, 5.41) is 0.774. The van der Waals surface area contributed by atoms with E-state index >= 15 is 0 Å². The van der Waals surface area contributed by atoms with Gasteiger partial charge in [-0.05, 0) is 55.0 Å². The van der Waals surface area contributed by atoms with E-state index in [0.29, 0.717) is 37.6 Å².